The lowest BCUT2D eigenvalue weighted by atomic mass is 10.1. The molecular weight excluding hydrogens is 351 g/mol. The number of aryl methyl sites for hydroxylation is 1. The number of rotatable bonds is 7. The largest absolute Gasteiger partial charge is 0.353 e. The Labute approximate surface area is 157 Å². The fourth-order valence-electron chi connectivity index (χ4n) is 2.31. The summed E-state index contributed by atoms with van der Waals surface area (Å²) in [6.45, 7) is 5.74. The van der Waals surface area contributed by atoms with Crippen molar-refractivity contribution in [3.05, 3.63) is 65.0 Å². The van der Waals surface area contributed by atoms with Crippen LogP contribution in [0.2, 0.25) is 0 Å². The summed E-state index contributed by atoms with van der Waals surface area (Å²) in [6, 6.07) is 12.1. The molecule has 0 aliphatic rings. The summed E-state index contributed by atoms with van der Waals surface area (Å²) < 4.78 is 13.6. The minimum absolute atomic E-state index is 0.0738. The molecule has 0 spiro atoms. The monoisotopic (exact) mass is 374 g/mol. The Morgan fingerprint density at radius 1 is 1.15 bits per heavy atom. The van der Waals surface area contributed by atoms with Crippen LogP contribution in [0.5, 0.6) is 0 Å². The third-order valence-corrected chi connectivity index (χ3v) is 4.70. The Kier molecular flexibility index (Phi) is 7.21. The minimum atomic E-state index is -0.288. The lowest BCUT2D eigenvalue weighted by Crippen LogP contribution is -2.31. The normalized spacial score (nSPS) is 10.7. The van der Waals surface area contributed by atoms with Crippen molar-refractivity contribution in [3.8, 4) is 0 Å². The van der Waals surface area contributed by atoms with Crippen LogP contribution in [0.3, 0.4) is 0 Å². The Morgan fingerprint density at radius 3 is 2.58 bits per heavy atom. The van der Waals surface area contributed by atoms with E-state index in [4.69, 9.17) is 0 Å². The van der Waals surface area contributed by atoms with Gasteiger partial charge in [0, 0.05) is 17.5 Å². The van der Waals surface area contributed by atoms with Gasteiger partial charge < -0.3 is 10.6 Å². The highest BCUT2D eigenvalue weighted by Gasteiger charge is 2.13. The maximum atomic E-state index is 13.6. The van der Waals surface area contributed by atoms with Gasteiger partial charge in [0.15, 0.2) is 0 Å². The lowest BCUT2D eigenvalue weighted by Gasteiger charge is -2.11. The first-order chi connectivity index (χ1) is 12.4. The van der Waals surface area contributed by atoms with Gasteiger partial charge in [-0.25, -0.2) is 4.39 Å². The average Bonchev–Trinajstić information content (AvgIpc) is 2.60. The molecule has 0 radical (unpaired) electrons. The van der Waals surface area contributed by atoms with Crippen LogP contribution in [0, 0.1) is 12.7 Å². The first kappa shape index (κ1) is 20.0. The van der Waals surface area contributed by atoms with Gasteiger partial charge in [-0.15, -0.1) is 11.8 Å². The Bertz CT molecular complexity index is 793. The molecular formula is C20H23FN2O2S. The molecule has 0 saturated heterocycles. The molecule has 0 aromatic heterocycles. The zero-order valence-electron chi connectivity index (χ0n) is 15.1. The first-order valence-electron chi connectivity index (χ1n) is 8.41. The van der Waals surface area contributed by atoms with Crippen LogP contribution in [0.15, 0.2) is 47.4 Å². The smallest absolute Gasteiger partial charge is 0.252 e. The van der Waals surface area contributed by atoms with Gasteiger partial charge in [0.1, 0.15) is 5.82 Å². The van der Waals surface area contributed by atoms with Gasteiger partial charge in [-0.2, -0.15) is 0 Å². The summed E-state index contributed by atoms with van der Waals surface area (Å²) in [5.41, 5.74) is 1.77. The van der Waals surface area contributed by atoms with E-state index in [1.54, 1.807) is 31.2 Å². The van der Waals surface area contributed by atoms with E-state index in [0.29, 0.717) is 16.7 Å². The van der Waals surface area contributed by atoms with Crippen molar-refractivity contribution in [2.24, 2.45) is 0 Å². The number of hydrogen-bond acceptors (Lipinski definition) is 3. The van der Waals surface area contributed by atoms with Crippen molar-refractivity contribution < 1.29 is 14.0 Å². The second-order valence-corrected chi connectivity index (χ2v) is 7.29. The first-order valence-corrected chi connectivity index (χ1v) is 9.40. The van der Waals surface area contributed by atoms with E-state index in [0.717, 1.165) is 4.90 Å². The van der Waals surface area contributed by atoms with Crippen molar-refractivity contribution in [1.82, 2.24) is 10.6 Å². The highest BCUT2D eigenvalue weighted by molar-refractivity contribution is 8.00. The third kappa shape index (κ3) is 5.88. The Morgan fingerprint density at radius 2 is 1.88 bits per heavy atom. The van der Waals surface area contributed by atoms with Crippen molar-refractivity contribution in [2.45, 2.75) is 38.3 Å². The fourth-order valence-corrected chi connectivity index (χ4v) is 3.17. The van der Waals surface area contributed by atoms with Gasteiger partial charge in [0.2, 0.25) is 5.91 Å². The van der Waals surface area contributed by atoms with Gasteiger partial charge in [0.05, 0.1) is 11.3 Å². The summed E-state index contributed by atoms with van der Waals surface area (Å²) >= 11 is 1.32. The number of thioether (sulfide) groups is 1. The Hall–Kier alpha value is -2.34. The van der Waals surface area contributed by atoms with Gasteiger partial charge in [-0.05, 0) is 50.1 Å². The molecule has 2 amide bonds. The molecule has 0 unspecified atom stereocenters. The zero-order valence-corrected chi connectivity index (χ0v) is 16.0. The van der Waals surface area contributed by atoms with E-state index in [-0.39, 0.29) is 36.0 Å². The van der Waals surface area contributed by atoms with Crippen molar-refractivity contribution >= 4 is 23.6 Å². The molecule has 0 fully saturated rings. The van der Waals surface area contributed by atoms with Crippen LogP contribution in [-0.4, -0.2) is 23.6 Å². The third-order valence-electron chi connectivity index (χ3n) is 3.63. The molecule has 0 heterocycles. The minimum Gasteiger partial charge on any atom is -0.353 e. The predicted octanol–water partition coefficient (Wildman–Crippen LogP) is 3.68. The molecule has 0 aliphatic heterocycles. The van der Waals surface area contributed by atoms with Gasteiger partial charge in [0.25, 0.3) is 5.91 Å². The molecule has 2 N–H and O–H groups in total. The SMILES string of the molecule is Cc1ccc(CNC(=O)c2ccccc2SCC(=O)NC(C)C)cc1F. The number of halogens is 1. The van der Waals surface area contributed by atoms with Gasteiger partial charge >= 0.3 is 0 Å². The molecule has 4 nitrogen and oxygen atoms in total. The second-order valence-electron chi connectivity index (χ2n) is 6.27. The number of amides is 2. The van der Waals surface area contributed by atoms with E-state index in [9.17, 15) is 14.0 Å². The van der Waals surface area contributed by atoms with Crippen LogP contribution in [0.25, 0.3) is 0 Å². The summed E-state index contributed by atoms with van der Waals surface area (Å²) in [4.78, 5) is 25.0. The molecule has 138 valence electrons. The summed E-state index contributed by atoms with van der Waals surface area (Å²) in [5.74, 6) is -0.372. The van der Waals surface area contributed by atoms with Crippen LogP contribution in [0.1, 0.15) is 35.3 Å². The van der Waals surface area contributed by atoms with E-state index >= 15 is 0 Å². The van der Waals surface area contributed by atoms with E-state index in [1.165, 1.54) is 17.8 Å². The number of carbonyl (C=O) groups is 2. The van der Waals surface area contributed by atoms with Crippen LogP contribution in [0.4, 0.5) is 4.39 Å². The standard InChI is InChI=1S/C20H23FN2O2S/c1-13(2)23-19(24)12-26-18-7-5-4-6-16(18)20(25)22-11-15-9-8-14(3)17(21)10-15/h4-10,13H,11-12H2,1-3H3,(H,22,25)(H,23,24). The molecule has 6 heteroatoms. The van der Waals surface area contributed by atoms with Gasteiger partial charge in [-0.1, -0.05) is 24.3 Å². The van der Waals surface area contributed by atoms with Crippen LogP contribution in [-0.2, 0) is 11.3 Å². The highest BCUT2D eigenvalue weighted by Crippen LogP contribution is 2.22. The molecule has 2 aromatic rings. The molecule has 0 bridgehead atoms. The van der Waals surface area contributed by atoms with Crippen LogP contribution >= 0.6 is 11.8 Å². The van der Waals surface area contributed by atoms with E-state index in [2.05, 4.69) is 10.6 Å². The van der Waals surface area contributed by atoms with Crippen molar-refractivity contribution in [3.63, 3.8) is 0 Å². The van der Waals surface area contributed by atoms with Crippen LogP contribution < -0.4 is 10.6 Å². The van der Waals surface area contributed by atoms with E-state index < -0.39 is 0 Å². The highest BCUT2D eigenvalue weighted by atomic mass is 32.2. The summed E-state index contributed by atoms with van der Waals surface area (Å²) in [5, 5.41) is 5.63. The van der Waals surface area contributed by atoms with Crippen molar-refractivity contribution in [2.75, 3.05) is 5.75 Å². The van der Waals surface area contributed by atoms with Gasteiger partial charge in [-0.3, -0.25) is 9.59 Å². The molecule has 26 heavy (non-hydrogen) atoms. The molecule has 2 rings (SSSR count). The number of hydrogen-bond donors (Lipinski definition) is 2. The molecule has 0 saturated carbocycles. The molecule has 2 aromatic carbocycles. The summed E-state index contributed by atoms with van der Waals surface area (Å²) in [6.07, 6.45) is 0. The summed E-state index contributed by atoms with van der Waals surface area (Å²) in [7, 11) is 0. The number of nitrogens with one attached hydrogen (secondary N) is 2. The maximum Gasteiger partial charge on any atom is 0.252 e. The maximum absolute atomic E-state index is 13.6. The quantitative estimate of drug-likeness (QED) is 0.727. The Balaban J connectivity index is 2.00. The number of benzene rings is 2. The zero-order chi connectivity index (χ0) is 19.1. The lowest BCUT2D eigenvalue weighted by molar-refractivity contribution is -0.119. The van der Waals surface area contributed by atoms with Crippen molar-refractivity contribution in [1.29, 1.82) is 0 Å². The molecule has 0 atom stereocenters. The number of carbonyl (C=O) groups excluding carboxylic acids is 2. The predicted molar refractivity (Wildman–Crippen MR) is 103 cm³/mol. The molecule has 0 aliphatic carbocycles. The topological polar surface area (TPSA) is 58.2 Å². The van der Waals surface area contributed by atoms with E-state index in [1.807, 2.05) is 26.0 Å². The second kappa shape index (κ2) is 9.38. The fraction of sp³-hybridized carbons (Fsp3) is 0.300. The average molecular weight is 374 g/mol.